The molecule has 0 N–H and O–H groups in total. The van der Waals surface area contributed by atoms with E-state index in [4.69, 9.17) is 0 Å². The Morgan fingerprint density at radius 2 is 1.62 bits per heavy atom. The van der Waals surface area contributed by atoms with Crippen molar-refractivity contribution in [3.8, 4) is 0 Å². The lowest BCUT2D eigenvalue weighted by Crippen LogP contribution is -2.53. The molecule has 4 saturated carbocycles. The van der Waals surface area contributed by atoms with Crippen molar-refractivity contribution in [2.24, 2.45) is 34.5 Å². The van der Waals surface area contributed by atoms with Crippen molar-refractivity contribution in [3.63, 3.8) is 0 Å². The lowest BCUT2D eigenvalue weighted by molar-refractivity contribution is -0.105. The molecule has 0 aromatic carbocycles. The largest absolute Gasteiger partial charge is 0.152 e. The van der Waals surface area contributed by atoms with Crippen LogP contribution in [0, 0.1) is 34.5 Å². The molecule has 4 aliphatic carbocycles. The van der Waals surface area contributed by atoms with Crippen LogP contribution in [0.4, 0.5) is 0 Å². The summed E-state index contributed by atoms with van der Waals surface area (Å²) in [7, 11) is 0. The molecule has 0 unspecified atom stereocenters. The fraction of sp³-hybridized carbons (Fsp3) is 1.00. The smallest absolute Gasteiger partial charge is 0.0307 e. The highest BCUT2D eigenvalue weighted by Crippen LogP contribution is 2.75. The van der Waals surface area contributed by atoms with Gasteiger partial charge >= 0.3 is 0 Å². The molecule has 5 aliphatic rings. The van der Waals surface area contributed by atoms with Gasteiger partial charge < -0.3 is 0 Å². The summed E-state index contributed by atoms with van der Waals surface area (Å²) in [5, 5.41) is 0. The quantitative estimate of drug-likeness (QED) is 0.502. The topological polar surface area (TPSA) is 0 Å². The van der Waals surface area contributed by atoms with E-state index in [0.717, 1.165) is 39.2 Å². The first-order valence-corrected chi connectivity index (χ1v) is 10.7. The third-order valence-electron chi connectivity index (χ3n) is 9.37. The molecule has 118 valence electrons. The molecule has 21 heavy (non-hydrogen) atoms. The number of hydrogen-bond acceptors (Lipinski definition) is 1. The van der Waals surface area contributed by atoms with Gasteiger partial charge in [0.05, 0.1) is 0 Å². The van der Waals surface area contributed by atoms with Crippen molar-refractivity contribution < 1.29 is 0 Å². The standard InChI is InChI=1S/C20H32S/c1-18-10-4-3-5-14(18)6-7-15-16(18)8-11-19(2)17(15)9-12-20(19)13-21-20/h14-17H,3-13H2,1-2H3/t14-,15-,16-,17-,18+,19+,20+/m1/s1. The molecule has 0 bridgehead atoms. The first-order chi connectivity index (χ1) is 10.1. The highest BCUT2D eigenvalue weighted by molar-refractivity contribution is 8.08. The van der Waals surface area contributed by atoms with Crippen LogP contribution in [0.15, 0.2) is 0 Å². The van der Waals surface area contributed by atoms with E-state index in [0.29, 0.717) is 0 Å². The molecule has 1 aliphatic heterocycles. The van der Waals surface area contributed by atoms with Gasteiger partial charge in [0, 0.05) is 10.5 Å². The first-order valence-electron chi connectivity index (χ1n) is 9.73. The molecule has 1 heterocycles. The molecule has 0 nitrogen and oxygen atoms in total. The van der Waals surface area contributed by atoms with Crippen molar-refractivity contribution in [2.75, 3.05) is 5.75 Å². The highest BCUT2D eigenvalue weighted by Gasteiger charge is 2.68. The zero-order chi connectivity index (χ0) is 14.3. The second-order valence-electron chi connectivity index (χ2n) is 9.68. The van der Waals surface area contributed by atoms with E-state index in [1.54, 1.807) is 51.4 Å². The van der Waals surface area contributed by atoms with E-state index in [-0.39, 0.29) is 0 Å². The predicted molar refractivity (Wildman–Crippen MR) is 91.5 cm³/mol. The number of fused-ring (bicyclic) bond motifs is 6. The van der Waals surface area contributed by atoms with Crippen LogP contribution in [0.5, 0.6) is 0 Å². The number of thioether (sulfide) groups is 1. The van der Waals surface area contributed by atoms with Crippen LogP contribution in [0.1, 0.15) is 78.1 Å². The maximum absolute atomic E-state index is 2.72. The number of rotatable bonds is 0. The Hall–Kier alpha value is 0.350. The highest BCUT2D eigenvalue weighted by atomic mass is 32.2. The summed E-state index contributed by atoms with van der Waals surface area (Å²) in [5.74, 6) is 5.86. The second-order valence-corrected chi connectivity index (χ2v) is 11.0. The zero-order valence-corrected chi connectivity index (χ0v) is 14.8. The van der Waals surface area contributed by atoms with Gasteiger partial charge in [0.1, 0.15) is 0 Å². The summed E-state index contributed by atoms with van der Waals surface area (Å²) in [6.45, 7) is 5.42. The summed E-state index contributed by atoms with van der Waals surface area (Å²) in [6.07, 6.45) is 15.6. The molecular weight excluding hydrogens is 272 g/mol. The summed E-state index contributed by atoms with van der Waals surface area (Å²) in [5.41, 5.74) is 1.45. The minimum atomic E-state index is 0.719. The summed E-state index contributed by atoms with van der Waals surface area (Å²) >= 11 is 2.32. The average Bonchev–Trinajstić information content (AvgIpc) is 3.20. The normalized spacial score (nSPS) is 62.0. The van der Waals surface area contributed by atoms with Gasteiger partial charge in [-0.05, 0) is 85.9 Å². The Labute approximate surface area is 135 Å². The van der Waals surface area contributed by atoms with Gasteiger partial charge in [0.15, 0.2) is 0 Å². The van der Waals surface area contributed by atoms with Gasteiger partial charge in [0.25, 0.3) is 0 Å². The second kappa shape index (κ2) is 4.25. The van der Waals surface area contributed by atoms with E-state index >= 15 is 0 Å². The molecule has 1 heteroatoms. The van der Waals surface area contributed by atoms with Crippen molar-refractivity contribution in [3.05, 3.63) is 0 Å². The van der Waals surface area contributed by atoms with Gasteiger partial charge in [-0.1, -0.05) is 26.7 Å². The summed E-state index contributed by atoms with van der Waals surface area (Å²) < 4.78 is 0.757. The van der Waals surface area contributed by atoms with Crippen LogP contribution >= 0.6 is 11.8 Å². The molecule has 5 rings (SSSR count). The lowest BCUT2D eigenvalue weighted by Gasteiger charge is -2.60. The molecule has 0 radical (unpaired) electrons. The van der Waals surface area contributed by atoms with Crippen LogP contribution in [0.3, 0.4) is 0 Å². The molecule has 1 spiro atoms. The van der Waals surface area contributed by atoms with Crippen molar-refractivity contribution in [1.29, 1.82) is 0 Å². The number of hydrogen-bond donors (Lipinski definition) is 0. The van der Waals surface area contributed by atoms with E-state index in [1.807, 2.05) is 0 Å². The van der Waals surface area contributed by atoms with E-state index in [9.17, 15) is 0 Å². The van der Waals surface area contributed by atoms with Crippen LogP contribution in [0.2, 0.25) is 0 Å². The monoisotopic (exact) mass is 304 g/mol. The summed E-state index contributed by atoms with van der Waals surface area (Å²) in [6, 6.07) is 0. The Kier molecular flexibility index (Phi) is 2.78. The molecule has 0 aromatic heterocycles. The molecule has 0 amide bonds. The predicted octanol–water partition coefficient (Wildman–Crippen LogP) is 5.90. The van der Waals surface area contributed by atoms with Crippen molar-refractivity contribution in [1.82, 2.24) is 0 Å². The van der Waals surface area contributed by atoms with Crippen LogP contribution in [0.25, 0.3) is 0 Å². The zero-order valence-electron chi connectivity index (χ0n) is 14.0. The Balaban J connectivity index is 1.48. The fourth-order valence-electron chi connectivity index (χ4n) is 7.95. The van der Waals surface area contributed by atoms with Crippen molar-refractivity contribution in [2.45, 2.75) is 82.8 Å². The van der Waals surface area contributed by atoms with Gasteiger partial charge in [-0.15, -0.1) is 0 Å². The Morgan fingerprint density at radius 1 is 0.810 bits per heavy atom. The maximum atomic E-state index is 2.72. The van der Waals surface area contributed by atoms with Gasteiger partial charge in [-0.3, -0.25) is 0 Å². The average molecular weight is 305 g/mol. The first kappa shape index (κ1) is 13.8. The van der Waals surface area contributed by atoms with Crippen LogP contribution in [-0.2, 0) is 0 Å². The van der Waals surface area contributed by atoms with E-state index in [2.05, 4.69) is 25.6 Å². The molecule has 1 saturated heterocycles. The van der Waals surface area contributed by atoms with Gasteiger partial charge in [0.2, 0.25) is 0 Å². The minimum Gasteiger partial charge on any atom is -0.152 e. The third-order valence-corrected chi connectivity index (χ3v) is 11.0. The van der Waals surface area contributed by atoms with Crippen LogP contribution in [-0.4, -0.2) is 10.5 Å². The van der Waals surface area contributed by atoms with Crippen LogP contribution < -0.4 is 0 Å². The molecule has 0 aromatic rings. The molecular formula is C20H32S. The fourth-order valence-corrected chi connectivity index (χ4v) is 9.44. The SMILES string of the molecule is C[C@]12CCCC[C@@H]1CC[C@@H]1[C@H]2CC[C@@]2(C)[C@@H]1CC[C@]21CS1. The maximum Gasteiger partial charge on any atom is 0.0307 e. The summed E-state index contributed by atoms with van der Waals surface area (Å²) in [4.78, 5) is 0. The molecule has 5 fully saturated rings. The van der Waals surface area contributed by atoms with Gasteiger partial charge in [-0.25, -0.2) is 0 Å². The van der Waals surface area contributed by atoms with Crippen molar-refractivity contribution >= 4 is 11.8 Å². The Morgan fingerprint density at radius 3 is 2.43 bits per heavy atom. The van der Waals surface area contributed by atoms with E-state index < -0.39 is 0 Å². The van der Waals surface area contributed by atoms with E-state index in [1.165, 1.54) is 18.6 Å². The lowest BCUT2D eigenvalue weighted by atomic mass is 9.45. The Bertz CT molecular complexity index is 453. The minimum absolute atomic E-state index is 0.719. The van der Waals surface area contributed by atoms with Gasteiger partial charge in [-0.2, -0.15) is 11.8 Å². The third kappa shape index (κ3) is 1.60. The molecule has 7 atom stereocenters.